The summed E-state index contributed by atoms with van der Waals surface area (Å²) in [5.74, 6) is 0. The van der Waals surface area contributed by atoms with Crippen molar-refractivity contribution in [2.45, 2.75) is 13.0 Å². The van der Waals surface area contributed by atoms with Gasteiger partial charge < -0.3 is 10.6 Å². The third-order valence-corrected chi connectivity index (χ3v) is 4.33. The molecule has 0 saturated heterocycles. The largest absolute Gasteiger partial charge is 0.398 e. The topological polar surface area (TPSA) is 72.4 Å². The normalized spacial score (nSPS) is 14.2. The molecule has 98 valence electrons. The summed E-state index contributed by atoms with van der Waals surface area (Å²) in [7, 11) is 0. The Morgan fingerprint density at radius 1 is 1.37 bits per heavy atom. The average Bonchev–Trinajstić information content (AvgIpc) is 2.85. The number of nitro benzene ring substituents is 1. The summed E-state index contributed by atoms with van der Waals surface area (Å²) in [6, 6.07) is 6.90. The maximum absolute atomic E-state index is 10.9. The fraction of sp³-hybridized carbons (Fsp3) is 0.231. The van der Waals surface area contributed by atoms with Crippen LogP contribution in [0.3, 0.4) is 0 Å². The van der Waals surface area contributed by atoms with Gasteiger partial charge in [0.25, 0.3) is 5.69 Å². The van der Waals surface area contributed by atoms with E-state index in [0.717, 1.165) is 25.2 Å². The molecule has 0 saturated carbocycles. The molecule has 0 bridgehead atoms. The average molecular weight is 275 g/mol. The number of rotatable bonds is 2. The second-order valence-electron chi connectivity index (χ2n) is 4.58. The number of thiophene rings is 1. The van der Waals surface area contributed by atoms with Gasteiger partial charge >= 0.3 is 0 Å². The van der Waals surface area contributed by atoms with Crippen LogP contribution in [0.25, 0.3) is 0 Å². The second-order valence-corrected chi connectivity index (χ2v) is 5.58. The molecule has 2 aromatic rings. The van der Waals surface area contributed by atoms with Crippen LogP contribution >= 0.6 is 11.3 Å². The Morgan fingerprint density at radius 2 is 2.21 bits per heavy atom. The van der Waals surface area contributed by atoms with Crippen molar-refractivity contribution in [3.63, 3.8) is 0 Å². The minimum absolute atomic E-state index is 0.0473. The van der Waals surface area contributed by atoms with E-state index in [2.05, 4.69) is 16.3 Å². The van der Waals surface area contributed by atoms with Crippen LogP contribution in [0.5, 0.6) is 0 Å². The van der Waals surface area contributed by atoms with Crippen molar-refractivity contribution in [3.05, 3.63) is 50.2 Å². The fourth-order valence-electron chi connectivity index (χ4n) is 2.37. The van der Waals surface area contributed by atoms with Crippen LogP contribution in [-0.2, 0) is 13.0 Å². The number of nitrogens with two attached hydrogens (primary N) is 1. The molecule has 1 aliphatic rings. The molecule has 2 N–H and O–H groups in total. The van der Waals surface area contributed by atoms with E-state index in [1.807, 2.05) is 0 Å². The lowest BCUT2D eigenvalue weighted by Gasteiger charge is -2.29. The SMILES string of the molecule is Nc1cc(N2CCc3sccc3C2)cc([N+](=O)[O-])c1. The summed E-state index contributed by atoms with van der Waals surface area (Å²) in [5.41, 5.74) is 8.36. The zero-order valence-corrected chi connectivity index (χ0v) is 11.0. The van der Waals surface area contributed by atoms with E-state index in [9.17, 15) is 10.1 Å². The Labute approximate surface area is 114 Å². The molecule has 5 nitrogen and oxygen atoms in total. The number of nitrogen functional groups attached to an aromatic ring is 1. The van der Waals surface area contributed by atoms with Crippen molar-refractivity contribution in [1.29, 1.82) is 0 Å². The Bertz CT molecular complexity index is 639. The van der Waals surface area contributed by atoms with E-state index in [-0.39, 0.29) is 5.69 Å². The number of nitrogens with zero attached hydrogens (tertiary/aromatic N) is 2. The summed E-state index contributed by atoms with van der Waals surface area (Å²) in [6.07, 6.45) is 0.982. The summed E-state index contributed by atoms with van der Waals surface area (Å²) >= 11 is 1.77. The predicted molar refractivity (Wildman–Crippen MR) is 76.6 cm³/mol. The minimum atomic E-state index is -0.403. The van der Waals surface area contributed by atoms with E-state index >= 15 is 0 Å². The quantitative estimate of drug-likeness (QED) is 0.519. The second kappa shape index (κ2) is 4.55. The molecule has 1 aromatic carbocycles. The van der Waals surface area contributed by atoms with Crippen molar-refractivity contribution < 1.29 is 4.92 Å². The van der Waals surface area contributed by atoms with E-state index in [0.29, 0.717) is 5.69 Å². The van der Waals surface area contributed by atoms with Gasteiger partial charge in [-0.15, -0.1) is 11.3 Å². The van der Waals surface area contributed by atoms with Gasteiger partial charge in [0.2, 0.25) is 0 Å². The van der Waals surface area contributed by atoms with Crippen LogP contribution in [-0.4, -0.2) is 11.5 Å². The van der Waals surface area contributed by atoms with Crippen molar-refractivity contribution in [1.82, 2.24) is 0 Å². The van der Waals surface area contributed by atoms with E-state index in [1.165, 1.54) is 16.5 Å². The number of hydrogen-bond donors (Lipinski definition) is 1. The Morgan fingerprint density at radius 3 is 3.00 bits per heavy atom. The molecule has 19 heavy (non-hydrogen) atoms. The molecule has 0 radical (unpaired) electrons. The first kappa shape index (κ1) is 12.0. The molecular formula is C13H13N3O2S. The Hall–Kier alpha value is -2.08. The number of nitro groups is 1. The van der Waals surface area contributed by atoms with Crippen LogP contribution in [0.15, 0.2) is 29.6 Å². The molecule has 2 heterocycles. The first-order chi connectivity index (χ1) is 9.13. The number of anilines is 2. The lowest BCUT2D eigenvalue weighted by atomic mass is 10.1. The third kappa shape index (κ3) is 2.26. The maximum Gasteiger partial charge on any atom is 0.273 e. The molecular weight excluding hydrogens is 262 g/mol. The number of benzene rings is 1. The zero-order chi connectivity index (χ0) is 13.4. The van der Waals surface area contributed by atoms with Crippen LogP contribution < -0.4 is 10.6 Å². The van der Waals surface area contributed by atoms with Gasteiger partial charge in [-0.3, -0.25) is 10.1 Å². The van der Waals surface area contributed by atoms with E-state index in [4.69, 9.17) is 5.73 Å². The Balaban J connectivity index is 1.93. The summed E-state index contributed by atoms with van der Waals surface area (Å²) in [6.45, 7) is 1.66. The van der Waals surface area contributed by atoms with E-state index < -0.39 is 4.92 Å². The molecule has 0 fully saturated rings. The number of non-ortho nitro benzene ring substituents is 1. The first-order valence-corrected chi connectivity index (χ1v) is 6.86. The van der Waals surface area contributed by atoms with Crippen LogP contribution in [0, 0.1) is 10.1 Å². The summed E-state index contributed by atoms with van der Waals surface area (Å²) in [4.78, 5) is 14.0. The van der Waals surface area contributed by atoms with Gasteiger partial charge in [0.15, 0.2) is 0 Å². The maximum atomic E-state index is 10.9. The predicted octanol–water partition coefficient (Wildman–Crippen LogP) is 2.80. The highest BCUT2D eigenvalue weighted by Crippen LogP contribution is 2.31. The molecule has 0 amide bonds. The molecule has 6 heteroatoms. The molecule has 1 aliphatic heterocycles. The van der Waals surface area contributed by atoms with Crippen LogP contribution in [0.1, 0.15) is 10.4 Å². The van der Waals surface area contributed by atoms with Gasteiger partial charge in [0.05, 0.1) is 4.92 Å². The monoisotopic (exact) mass is 275 g/mol. The standard InChI is InChI=1S/C13H13N3O2S/c14-10-5-11(7-12(6-10)16(17)18)15-3-1-13-9(8-15)2-4-19-13/h2,4-7H,1,3,8,14H2. The van der Waals surface area contributed by atoms with Gasteiger partial charge in [0, 0.05) is 41.5 Å². The van der Waals surface area contributed by atoms with Gasteiger partial charge in [-0.25, -0.2) is 0 Å². The number of hydrogen-bond acceptors (Lipinski definition) is 5. The molecule has 0 atom stereocenters. The zero-order valence-electron chi connectivity index (χ0n) is 10.2. The minimum Gasteiger partial charge on any atom is -0.398 e. The van der Waals surface area contributed by atoms with E-state index in [1.54, 1.807) is 23.5 Å². The van der Waals surface area contributed by atoms with Gasteiger partial charge in [-0.05, 0) is 29.5 Å². The fourth-order valence-corrected chi connectivity index (χ4v) is 3.26. The van der Waals surface area contributed by atoms with Gasteiger partial charge in [-0.1, -0.05) is 0 Å². The summed E-state index contributed by atoms with van der Waals surface area (Å²) in [5, 5.41) is 13.0. The van der Waals surface area contributed by atoms with Crippen molar-refractivity contribution >= 4 is 28.4 Å². The van der Waals surface area contributed by atoms with Crippen LogP contribution in [0.4, 0.5) is 17.1 Å². The Kier molecular flexibility index (Phi) is 2.87. The van der Waals surface area contributed by atoms with Gasteiger partial charge in [0.1, 0.15) is 0 Å². The highest BCUT2D eigenvalue weighted by molar-refractivity contribution is 7.10. The molecule has 1 aromatic heterocycles. The van der Waals surface area contributed by atoms with Crippen molar-refractivity contribution in [2.75, 3.05) is 17.2 Å². The molecule has 0 spiro atoms. The first-order valence-electron chi connectivity index (χ1n) is 5.98. The smallest absolute Gasteiger partial charge is 0.273 e. The molecule has 3 rings (SSSR count). The lowest BCUT2D eigenvalue weighted by molar-refractivity contribution is -0.384. The third-order valence-electron chi connectivity index (χ3n) is 3.31. The lowest BCUT2D eigenvalue weighted by Crippen LogP contribution is -2.29. The molecule has 0 unspecified atom stereocenters. The van der Waals surface area contributed by atoms with Gasteiger partial charge in [-0.2, -0.15) is 0 Å². The highest BCUT2D eigenvalue weighted by Gasteiger charge is 2.19. The van der Waals surface area contributed by atoms with Crippen molar-refractivity contribution in [2.24, 2.45) is 0 Å². The summed E-state index contributed by atoms with van der Waals surface area (Å²) < 4.78 is 0. The highest BCUT2D eigenvalue weighted by atomic mass is 32.1. The van der Waals surface area contributed by atoms with Crippen molar-refractivity contribution in [3.8, 4) is 0 Å². The molecule has 0 aliphatic carbocycles. The van der Waals surface area contributed by atoms with Crippen LogP contribution in [0.2, 0.25) is 0 Å². The number of fused-ring (bicyclic) bond motifs is 1.